The average molecular weight is 1820 g/mol. The van der Waals surface area contributed by atoms with Crippen LogP contribution >= 0.6 is 22.7 Å². The summed E-state index contributed by atoms with van der Waals surface area (Å²) in [6.07, 6.45) is 0. The lowest BCUT2D eigenvalue weighted by atomic mass is 9.82. The van der Waals surface area contributed by atoms with Gasteiger partial charge in [-0.3, -0.25) is 0 Å². The molecule has 652 valence electrons. The molecular formula is C130H80N8S2. The van der Waals surface area contributed by atoms with Crippen molar-refractivity contribution in [2.75, 3.05) is 0 Å². The minimum atomic E-state index is -0.148. The van der Waals surface area contributed by atoms with Crippen molar-refractivity contribution in [3.05, 3.63) is 446 Å². The van der Waals surface area contributed by atoms with Crippen molar-refractivity contribution in [2.24, 2.45) is 0 Å². The predicted octanol–water partition coefficient (Wildman–Crippen LogP) is 34.4. The standard InChI is InChI=1S/2C65H40N4S/c1-65(2)55-20-9-8-18-53(55)59-54(19-11-21-56(59)65)64-68-62(40-13-4-3-5-14-40)67-63(69-64)41-24-22-39(23-25-41)45-30-32-51-47-16-6-7-17-48(47)52-33-31-46(60(45)61(51)52)44-27-29-50-49-28-26-43(35-57(49)70-58(50)36-44)42-15-10-12-38(34-42)37-66;1-65(2)55-17-9-8-15-53(55)59-54(16-10-18-56(59)65)64-68-62(41-11-4-3-5-12-41)67-63(69-64)42-25-23-40(24-26-42)45-31-33-51-47-13-6-7-14-48(47)52-34-32-46(60(45)61(51)52)44-28-30-50-49-29-27-43(35-57(49)70-58(50)36-44)39-21-19-38(37-66)20-22-39/h2*3-36H,1-2H3. The Hall–Kier alpha value is -17.6. The Kier molecular flexibility index (Phi) is 18.7. The lowest BCUT2D eigenvalue weighted by Gasteiger charge is -2.21. The Labute approximate surface area is 817 Å². The van der Waals surface area contributed by atoms with Crippen LogP contribution in [0.25, 0.3) is 264 Å². The highest BCUT2D eigenvalue weighted by molar-refractivity contribution is 7.26. The number of aromatic nitrogens is 6. The Morgan fingerprint density at radius 3 is 0.843 bits per heavy atom. The molecule has 8 nitrogen and oxygen atoms in total. The molecule has 0 aliphatic heterocycles. The van der Waals surface area contributed by atoms with Crippen molar-refractivity contribution in [1.29, 1.82) is 10.5 Å². The van der Waals surface area contributed by atoms with Crippen molar-refractivity contribution in [2.45, 2.75) is 38.5 Å². The SMILES string of the molecule is CC1(C)c2ccccc2-c2c(-c3nc(-c4ccccc4)nc(-c4ccc(-c5ccc6c7c(ccc(-c8ccc9c(c8)sc8cc(-c%10ccc(C#N)cc%10)ccc89)c57)-c5ccccc5-6)cc4)n3)cccc21.CC1(C)c2ccccc2-c2c(-c3nc(-c4ccccc4)nc(-c4ccc(-c5ccc6c7c(ccc(-c8ccc9c(c8)sc8cc(-c%10cccc(C#N)c%10)ccc89)c57)-c5ccccc5-6)cc4)n3)cccc21. The Balaban J connectivity index is 0.000000141. The molecule has 0 atom stereocenters. The number of benzene rings is 20. The molecule has 4 heterocycles. The fourth-order valence-electron chi connectivity index (χ4n) is 22.7. The predicted molar refractivity (Wildman–Crippen MR) is 579 cm³/mol. The molecule has 0 radical (unpaired) electrons. The van der Waals surface area contributed by atoms with E-state index in [0.717, 1.165) is 66.8 Å². The van der Waals surface area contributed by atoms with E-state index in [1.807, 2.05) is 102 Å². The molecule has 4 aromatic heterocycles. The Morgan fingerprint density at radius 2 is 0.450 bits per heavy atom. The summed E-state index contributed by atoms with van der Waals surface area (Å²) >= 11 is 3.66. The second-order valence-corrected chi connectivity index (χ2v) is 40.1. The Bertz CT molecular complexity index is 9450. The first-order valence-corrected chi connectivity index (χ1v) is 49.1. The van der Waals surface area contributed by atoms with Crippen molar-refractivity contribution in [1.82, 2.24) is 29.9 Å². The normalized spacial score (nSPS) is 12.8. The molecule has 0 spiro atoms. The number of fused-ring (bicyclic) bond motifs is 18. The summed E-state index contributed by atoms with van der Waals surface area (Å²) in [5.41, 5.74) is 40.8. The van der Waals surface area contributed by atoms with Gasteiger partial charge in [0.25, 0.3) is 0 Å². The van der Waals surface area contributed by atoms with Crippen LogP contribution in [-0.2, 0) is 10.8 Å². The minimum Gasteiger partial charge on any atom is -0.208 e. The number of thiophene rings is 2. The number of nitrogens with zero attached hydrogens (tertiary/aromatic N) is 8. The molecule has 140 heavy (non-hydrogen) atoms. The van der Waals surface area contributed by atoms with Gasteiger partial charge in [-0.1, -0.05) is 392 Å². The first-order chi connectivity index (χ1) is 68.8. The van der Waals surface area contributed by atoms with Crippen LogP contribution in [0.4, 0.5) is 0 Å². The summed E-state index contributed by atoms with van der Waals surface area (Å²) in [5.74, 6) is 3.88. The fourth-order valence-corrected chi connectivity index (χ4v) is 25.0. The molecule has 0 fully saturated rings. The zero-order chi connectivity index (χ0) is 93.3. The maximum absolute atomic E-state index is 9.56. The number of hydrogen-bond donors (Lipinski definition) is 0. The molecule has 0 unspecified atom stereocenters. The average Bonchev–Trinajstić information content (AvgIpc) is 1.55. The summed E-state index contributed by atoms with van der Waals surface area (Å²) in [6, 6.07) is 152. The van der Waals surface area contributed by atoms with Crippen LogP contribution < -0.4 is 0 Å². The molecule has 28 rings (SSSR count). The van der Waals surface area contributed by atoms with Crippen LogP contribution in [0.1, 0.15) is 61.1 Å². The van der Waals surface area contributed by atoms with Gasteiger partial charge in [0, 0.05) is 84.6 Å². The van der Waals surface area contributed by atoms with Gasteiger partial charge >= 0.3 is 0 Å². The summed E-state index contributed by atoms with van der Waals surface area (Å²) in [7, 11) is 0. The number of hydrogen-bond acceptors (Lipinski definition) is 10. The third-order valence-corrected chi connectivity index (χ3v) is 31.7. The van der Waals surface area contributed by atoms with Gasteiger partial charge in [0.05, 0.1) is 23.3 Å². The van der Waals surface area contributed by atoms with Crippen molar-refractivity contribution < 1.29 is 0 Å². The summed E-state index contributed by atoms with van der Waals surface area (Å²) in [6.45, 7) is 9.23. The van der Waals surface area contributed by atoms with Crippen LogP contribution in [-0.4, -0.2) is 29.9 Å². The zero-order valence-corrected chi connectivity index (χ0v) is 78.3. The monoisotopic (exact) mass is 1820 g/mol. The van der Waals surface area contributed by atoms with Crippen molar-refractivity contribution >= 4 is 84.6 Å². The summed E-state index contributed by atoms with van der Waals surface area (Å²) < 4.78 is 4.97. The maximum atomic E-state index is 9.56. The van der Waals surface area contributed by atoms with Crippen molar-refractivity contribution in [3.63, 3.8) is 0 Å². The second kappa shape index (κ2) is 32.0. The molecule has 0 saturated carbocycles. The van der Waals surface area contributed by atoms with E-state index in [1.54, 1.807) is 0 Å². The highest BCUT2D eigenvalue weighted by Gasteiger charge is 2.40. The van der Waals surface area contributed by atoms with Crippen LogP contribution in [0.5, 0.6) is 0 Å². The van der Waals surface area contributed by atoms with E-state index in [0.29, 0.717) is 46.1 Å². The van der Waals surface area contributed by atoms with E-state index >= 15 is 0 Å². The van der Waals surface area contributed by atoms with Gasteiger partial charge in [0.2, 0.25) is 0 Å². The van der Waals surface area contributed by atoms with E-state index < -0.39 is 0 Å². The molecule has 4 aliphatic carbocycles. The molecule has 20 aromatic carbocycles. The van der Waals surface area contributed by atoms with Gasteiger partial charge in [-0.2, -0.15) is 10.5 Å². The Morgan fingerprint density at radius 1 is 0.186 bits per heavy atom. The van der Waals surface area contributed by atoms with E-state index in [4.69, 9.17) is 29.9 Å². The number of rotatable bonds is 12. The van der Waals surface area contributed by atoms with Gasteiger partial charge < -0.3 is 0 Å². The van der Waals surface area contributed by atoms with Crippen molar-refractivity contribution in [3.8, 4) is 214 Å². The van der Waals surface area contributed by atoms with Gasteiger partial charge in [-0.15, -0.1) is 22.7 Å². The van der Waals surface area contributed by atoms with Gasteiger partial charge in [0.15, 0.2) is 34.9 Å². The van der Waals surface area contributed by atoms with Crippen LogP contribution in [0, 0.1) is 22.7 Å². The lowest BCUT2D eigenvalue weighted by Crippen LogP contribution is -2.14. The first kappa shape index (κ1) is 81.9. The van der Waals surface area contributed by atoms with Crippen LogP contribution in [0.15, 0.2) is 413 Å². The van der Waals surface area contributed by atoms with Gasteiger partial charge in [-0.05, 0) is 226 Å². The molecule has 0 N–H and O–H groups in total. The third-order valence-electron chi connectivity index (χ3n) is 29.5. The van der Waals surface area contributed by atoms with E-state index in [2.05, 4.69) is 373 Å². The third kappa shape index (κ3) is 13.1. The smallest absolute Gasteiger partial charge is 0.164 e. The second-order valence-electron chi connectivity index (χ2n) is 38.0. The summed E-state index contributed by atoms with van der Waals surface area (Å²) in [4.78, 5) is 31.3. The van der Waals surface area contributed by atoms with Gasteiger partial charge in [0.1, 0.15) is 0 Å². The fraction of sp³-hybridized carbons (Fsp3) is 0.0462. The topological polar surface area (TPSA) is 125 Å². The quantitative estimate of drug-likeness (QED) is 0.118. The van der Waals surface area contributed by atoms with E-state index in [-0.39, 0.29) is 10.8 Å². The molecule has 0 amide bonds. The van der Waals surface area contributed by atoms with Crippen LogP contribution in [0.2, 0.25) is 0 Å². The molecule has 4 aliphatic rings. The first-order valence-electron chi connectivity index (χ1n) is 47.4. The molecule has 0 bridgehead atoms. The largest absolute Gasteiger partial charge is 0.208 e. The van der Waals surface area contributed by atoms with E-state index in [9.17, 15) is 10.5 Å². The lowest BCUT2D eigenvalue weighted by molar-refractivity contribution is 0.660. The molecule has 10 heteroatoms. The summed E-state index contributed by atoms with van der Waals surface area (Å²) in [5, 5.41) is 29.0. The molecule has 0 saturated heterocycles. The van der Waals surface area contributed by atoms with Crippen LogP contribution in [0.3, 0.4) is 0 Å². The van der Waals surface area contributed by atoms with E-state index in [1.165, 1.54) is 184 Å². The maximum Gasteiger partial charge on any atom is 0.164 e. The highest BCUT2D eigenvalue weighted by atomic mass is 32.1. The minimum absolute atomic E-state index is 0.147. The van der Waals surface area contributed by atoms with Gasteiger partial charge in [-0.25, -0.2) is 29.9 Å². The zero-order valence-electron chi connectivity index (χ0n) is 76.7. The molecule has 24 aromatic rings. The molecular weight excluding hydrogens is 1740 g/mol. The number of nitriles is 2. The highest BCUT2D eigenvalue weighted by Crippen LogP contribution is 2.58.